The standard InChI is InChI=1S/C28H32FN3O3/c1-31-14-3-5-22(31)6-4-15-32-16-12-20(21(19-32)17-28(33)34)7-9-26(29)24-11-13-30-27-10-8-23(35-2)18-25(24)27/h3,5,8,10-11,13-14,18,20-21,26H,7,9,12,15-17,19H2,1-2H3,(H,33,34)/t20-,21+,26+/m1/s1. The first-order chi connectivity index (χ1) is 16.9. The zero-order valence-corrected chi connectivity index (χ0v) is 20.3. The fourth-order valence-corrected chi connectivity index (χ4v) is 5.03. The summed E-state index contributed by atoms with van der Waals surface area (Å²) in [5, 5.41) is 10.2. The maximum absolute atomic E-state index is 15.4. The molecule has 0 radical (unpaired) electrons. The van der Waals surface area contributed by atoms with Crippen molar-refractivity contribution in [3.05, 3.63) is 60.0 Å². The minimum absolute atomic E-state index is 0.0143. The number of pyridine rings is 1. The molecule has 0 amide bonds. The number of hydrogen-bond acceptors (Lipinski definition) is 4. The molecule has 0 bridgehead atoms. The van der Waals surface area contributed by atoms with Gasteiger partial charge >= 0.3 is 5.97 Å². The Kier molecular flexibility index (Phi) is 8.04. The van der Waals surface area contributed by atoms with E-state index in [-0.39, 0.29) is 18.3 Å². The van der Waals surface area contributed by atoms with Gasteiger partial charge in [0, 0.05) is 37.8 Å². The lowest BCUT2D eigenvalue weighted by Crippen LogP contribution is -2.41. The lowest BCUT2D eigenvalue weighted by molar-refractivity contribution is -0.139. The molecule has 3 aromatic rings. The Morgan fingerprint density at radius 3 is 2.91 bits per heavy atom. The van der Waals surface area contributed by atoms with Crippen LogP contribution in [0.15, 0.2) is 48.8 Å². The number of nitrogens with zero attached hydrogens (tertiary/aromatic N) is 3. The molecular weight excluding hydrogens is 445 g/mol. The first-order valence-electron chi connectivity index (χ1n) is 12.1. The molecule has 4 rings (SSSR count). The maximum atomic E-state index is 15.4. The quantitative estimate of drug-likeness (QED) is 0.471. The highest BCUT2D eigenvalue weighted by Crippen LogP contribution is 2.36. The number of carboxylic acids is 1. The van der Waals surface area contributed by atoms with Crippen LogP contribution in [0.3, 0.4) is 0 Å². The number of aryl methyl sites for hydroxylation is 1. The molecule has 0 saturated carbocycles. The fraction of sp³-hybridized carbons (Fsp3) is 0.429. The van der Waals surface area contributed by atoms with Crippen molar-refractivity contribution in [1.29, 1.82) is 0 Å². The highest BCUT2D eigenvalue weighted by molar-refractivity contribution is 5.83. The minimum atomic E-state index is -1.15. The second-order valence-corrected chi connectivity index (χ2v) is 9.28. The molecule has 7 heteroatoms. The predicted octanol–water partition coefficient (Wildman–Crippen LogP) is 4.84. The van der Waals surface area contributed by atoms with Gasteiger partial charge in [-0.05, 0) is 85.5 Å². The van der Waals surface area contributed by atoms with E-state index in [4.69, 9.17) is 4.74 Å². The summed E-state index contributed by atoms with van der Waals surface area (Å²) in [7, 11) is 3.55. The summed E-state index contributed by atoms with van der Waals surface area (Å²) in [6.07, 6.45) is 4.40. The van der Waals surface area contributed by atoms with Gasteiger partial charge in [-0.15, -0.1) is 0 Å². The van der Waals surface area contributed by atoms with Crippen LogP contribution in [-0.2, 0) is 11.8 Å². The van der Waals surface area contributed by atoms with Crippen molar-refractivity contribution in [1.82, 2.24) is 14.5 Å². The number of aliphatic carboxylic acids is 1. The molecule has 1 saturated heterocycles. The number of methoxy groups -OCH3 is 1. The van der Waals surface area contributed by atoms with Gasteiger partial charge in [-0.25, -0.2) is 4.39 Å². The summed E-state index contributed by atoms with van der Waals surface area (Å²) in [6, 6.07) is 11.1. The number of carbonyl (C=O) groups is 1. The van der Waals surface area contributed by atoms with Crippen LogP contribution in [0.1, 0.15) is 43.1 Å². The van der Waals surface area contributed by atoms with Crippen molar-refractivity contribution < 1.29 is 19.0 Å². The van der Waals surface area contributed by atoms with E-state index < -0.39 is 12.1 Å². The van der Waals surface area contributed by atoms with Gasteiger partial charge in [0.2, 0.25) is 0 Å². The number of alkyl halides is 1. The number of aromatic nitrogens is 2. The third-order valence-corrected chi connectivity index (χ3v) is 6.99. The fourth-order valence-electron chi connectivity index (χ4n) is 5.03. The molecule has 1 fully saturated rings. The highest BCUT2D eigenvalue weighted by atomic mass is 19.1. The third-order valence-electron chi connectivity index (χ3n) is 6.99. The van der Waals surface area contributed by atoms with E-state index in [1.54, 1.807) is 19.4 Å². The number of likely N-dealkylation sites (tertiary alicyclic amines) is 1. The Labute approximate surface area is 205 Å². The summed E-state index contributed by atoms with van der Waals surface area (Å²) in [5.41, 5.74) is 2.30. The van der Waals surface area contributed by atoms with Crippen LogP contribution in [0.25, 0.3) is 10.9 Å². The maximum Gasteiger partial charge on any atom is 0.303 e. The second-order valence-electron chi connectivity index (χ2n) is 9.28. The van der Waals surface area contributed by atoms with Crippen LogP contribution in [-0.4, -0.2) is 52.3 Å². The van der Waals surface area contributed by atoms with Crippen molar-refractivity contribution in [2.75, 3.05) is 26.7 Å². The van der Waals surface area contributed by atoms with E-state index in [1.165, 1.54) is 0 Å². The van der Waals surface area contributed by atoms with E-state index in [0.717, 1.165) is 29.6 Å². The topological polar surface area (TPSA) is 67.6 Å². The number of rotatable bonds is 8. The number of benzene rings is 1. The molecule has 6 nitrogen and oxygen atoms in total. The van der Waals surface area contributed by atoms with Crippen LogP contribution in [0.5, 0.6) is 5.75 Å². The number of carboxylic acid groups (broad SMARTS) is 1. The highest BCUT2D eigenvalue weighted by Gasteiger charge is 2.31. The molecule has 0 aliphatic carbocycles. The first-order valence-corrected chi connectivity index (χ1v) is 12.1. The van der Waals surface area contributed by atoms with Gasteiger partial charge in [0.15, 0.2) is 0 Å². The van der Waals surface area contributed by atoms with E-state index in [2.05, 4.69) is 21.7 Å². The Balaban J connectivity index is 1.39. The summed E-state index contributed by atoms with van der Waals surface area (Å²) >= 11 is 0. The Morgan fingerprint density at radius 2 is 2.17 bits per heavy atom. The van der Waals surface area contributed by atoms with Crippen LogP contribution in [0.4, 0.5) is 4.39 Å². The van der Waals surface area contributed by atoms with E-state index in [1.807, 2.05) is 48.1 Å². The monoisotopic (exact) mass is 477 g/mol. The molecule has 1 aliphatic rings. The van der Waals surface area contributed by atoms with E-state index in [0.29, 0.717) is 37.2 Å². The third kappa shape index (κ3) is 6.20. The number of halogens is 1. The number of ether oxygens (including phenoxy) is 1. The summed E-state index contributed by atoms with van der Waals surface area (Å²) in [6.45, 7) is 2.12. The number of piperidine rings is 1. The molecule has 0 unspecified atom stereocenters. The summed E-state index contributed by atoms with van der Waals surface area (Å²) < 4.78 is 22.7. The molecule has 1 aromatic carbocycles. The minimum Gasteiger partial charge on any atom is -0.497 e. The van der Waals surface area contributed by atoms with E-state index in [9.17, 15) is 9.90 Å². The average Bonchev–Trinajstić information content (AvgIpc) is 3.26. The van der Waals surface area contributed by atoms with Gasteiger partial charge < -0.3 is 14.4 Å². The summed E-state index contributed by atoms with van der Waals surface area (Å²) in [5.74, 6) is 6.42. The van der Waals surface area contributed by atoms with Crippen molar-refractivity contribution in [3.63, 3.8) is 0 Å². The molecule has 35 heavy (non-hydrogen) atoms. The van der Waals surface area contributed by atoms with Gasteiger partial charge in [-0.3, -0.25) is 14.7 Å². The molecule has 184 valence electrons. The largest absolute Gasteiger partial charge is 0.497 e. The van der Waals surface area contributed by atoms with Gasteiger partial charge in [-0.1, -0.05) is 5.92 Å². The van der Waals surface area contributed by atoms with Gasteiger partial charge in [0.25, 0.3) is 0 Å². The lowest BCUT2D eigenvalue weighted by Gasteiger charge is -2.37. The molecule has 0 spiro atoms. The first kappa shape index (κ1) is 24.7. The molecule has 3 atom stereocenters. The van der Waals surface area contributed by atoms with Crippen LogP contribution in [0.2, 0.25) is 0 Å². The smallest absolute Gasteiger partial charge is 0.303 e. The Morgan fingerprint density at radius 1 is 1.31 bits per heavy atom. The molecular formula is C28H32FN3O3. The van der Waals surface area contributed by atoms with Crippen molar-refractivity contribution in [3.8, 4) is 17.6 Å². The predicted molar refractivity (Wildman–Crippen MR) is 134 cm³/mol. The van der Waals surface area contributed by atoms with Crippen LogP contribution < -0.4 is 4.74 Å². The van der Waals surface area contributed by atoms with Crippen molar-refractivity contribution in [2.45, 2.75) is 31.9 Å². The van der Waals surface area contributed by atoms with E-state index >= 15 is 4.39 Å². The Hall–Kier alpha value is -3.37. The van der Waals surface area contributed by atoms with Gasteiger partial charge in [-0.2, -0.15) is 0 Å². The Bertz CT molecular complexity index is 1230. The van der Waals surface area contributed by atoms with Crippen LogP contribution >= 0.6 is 0 Å². The SMILES string of the molecule is COc1ccc2nccc([C@@H](F)CC[C@@H]3CCN(CC#Cc4cccn4C)C[C@@H]3CC(=O)O)c2c1. The summed E-state index contributed by atoms with van der Waals surface area (Å²) in [4.78, 5) is 18.1. The lowest BCUT2D eigenvalue weighted by atomic mass is 9.79. The molecule has 3 heterocycles. The molecule has 1 aliphatic heterocycles. The van der Waals surface area contributed by atoms with Crippen molar-refractivity contribution in [2.24, 2.45) is 18.9 Å². The van der Waals surface area contributed by atoms with Gasteiger partial charge in [0.1, 0.15) is 11.9 Å². The van der Waals surface area contributed by atoms with Gasteiger partial charge in [0.05, 0.1) is 24.9 Å². The van der Waals surface area contributed by atoms with Crippen molar-refractivity contribution >= 4 is 16.9 Å². The molecule has 1 N–H and O–H groups in total. The average molecular weight is 478 g/mol. The second kappa shape index (κ2) is 11.4. The van der Waals surface area contributed by atoms with Crippen LogP contribution in [0, 0.1) is 23.7 Å². The molecule has 2 aromatic heterocycles. The number of fused-ring (bicyclic) bond motifs is 1. The zero-order valence-electron chi connectivity index (χ0n) is 20.3. The zero-order chi connectivity index (χ0) is 24.8. The normalized spacial score (nSPS) is 19.2. The number of hydrogen-bond donors (Lipinski definition) is 1.